The molecule has 0 bridgehead atoms. The van der Waals surface area contributed by atoms with Crippen LogP contribution in [0, 0.1) is 5.92 Å². The third-order valence-corrected chi connectivity index (χ3v) is 4.66. The summed E-state index contributed by atoms with van der Waals surface area (Å²) in [5.41, 5.74) is 0.842. The largest absolute Gasteiger partial charge is 0.419 e. The highest BCUT2D eigenvalue weighted by molar-refractivity contribution is 5.87. The molecule has 0 aromatic heterocycles. The minimum atomic E-state index is -0.313. The summed E-state index contributed by atoms with van der Waals surface area (Å²) in [5.74, 6) is 1.54. The lowest BCUT2D eigenvalue weighted by Gasteiger charge is -2.29. The Labute approximate surface area is 126 Å². The van der Waals surface area contributed by atoms with Crippen molar-refractivity contribution in [2.45, 2.75) is 25.3 Å². The molecule has 0 N–H and O–H groups in total. The summed E-state index contributed by atoms with van der Waals surface area (Å²) < 4.78 is 5.59. The number of carbonyl (C=O) groups excluding carboxylic acids is 1. The van der Waals surface area contributed by atoms with E-state index in [0.717, 1.165) is 36.8 Å². The number of para-hydroxylation sites is 1. The fourth-order valence-corrected chi connectivity index (χ4v) is 3.28. The van der Waals surface area contributed by atoms with E-state index >= 15 is 0 Å². The van der Waals surface area contributed by atoms with E-state index in [4.69, 9.17) is 4.74 Å². The van der Waals surface area contributed by atoms with E-state index in [0.29, 0.717) is 6.04 Å². The highest BCUT2D eigenvalue weighted by Gasteiger charge is 2.35. The molecule has 3 rings (SSSR count). The molecule has 1 fully saturated rings. The van der Waals surface area contributed by atoms with Gasteiger partial charge in [-0.2, -0.15) is 0 Å². The fraction of sp³-hybridized carbons (Fsp3) is 0.471. The van der Waals surface area contributed by atoms with Gasteiger partial charge in [0.15, 0.2) is 0 Å². The van der Waals surface area contributed by atoms with Crippen molar-refractivity contribution < 1.29 is 9.53 Å². The number of nitrogens with zero attached hydrogens (tertiary/aromatic N) is 2. The zero-order valence-electron chi connectivity index (χ0n) is 12.7. The molecule has 1 amide bonds. The molecule has 2 atom stereocenters. The third-order valence-electron chi connectivity index (χ3n) is 4.66. The van der Waals surface area contributed by atoms with Crippen molar-refractivity contribution >= 4 is 11.8 Å². The van der Waals surface area contributed by atoms with Gasteiger partial charge >= 0.3 is 6.09 Å². The van der Waals surface area contributed by atoms with Gasteiger partial charge in [0.05, 0.1) is 0 Å². The Balaban J connectivity index is 1.63. The molecule has 0 spiro atoms. The molecule has 21 heavy (non-hydrogen) atoms. The first-order valence-corrected chi connectivity index (χ1v) is 7.55. The van der Waals surface area contributed by atoms with Crippen molar-refractivity contribution in [1.82, 2.24) is 4.90 Å². The van der Waals surface area contributed by atoms with Crippen LogP contribution in [0.3, 0.4) is 0 Å². The van der Waals surface area contributed by atoms with Gasteiger partial charge in [-0.1, -0.05) is 18.2 Å². The molecule has 0 saturated carbocycles. The lowest BCUT2D eigenvalue weighted by molar-refractivity contribution is 0.164. The van der Waals surface area contributed by atoms with E-state index < -0.39 is 0 Å². The predicted octanol–water partition coefficient (Wildman–Crippen LogP) is 3.26. The molecule has 112 valence electrons. The van der Waals surface area contributed by atoms with Crippen LogP contribution in [0.25, 0.3) is 0 Å². The third kappa shape index (κ3) is 2.95. The van der Waals surface area contributed by atoms with Gasteiger partial charge in [0.25, 0.3) is 0 Å². The SMILES string of the molecule is CN(C(=O)OC1=CCC2CCN(C)C2C1)c1ccccc1. The highest BCUT2D eigenvalue weighted by Crippen LogP contribution is 2.35. The monoisotopic (exact) mass is 286 g/mol. The number of amides is 1. The Morgan fingerprint density at radius 2 is 2.10 bits per heavy atom. The van der Waals surface area contributed by atoms with Crippen LogP contribution in [0.1, 0.15) is 19.3 Å². The van der Waals surface area contributed by atoms with Gasteiger partial charge in [0, 0.05) is 25.2 Å². The number of hydrogen-bond acceptors (Lipinski definition) is 3. The van der Waals surface area contributed by atoms with E-state index in [-0.39, 0.29) is 6.09 Å². The first-order chi connectivity index (χ1) is 10.1. The summed E-state index contributed by atoms with van der Waals surface area (Å²) in [7, 11) is 3.90. The number of fused-ring (bicyclic) bond motifs is 1. The lowest BCUT2D eigenvalue weighted by atomic mass is 9.89. The van der Waals surface area contributed by atoms with Gasteiger partial charge in [0.1, 0.15) is 5.76 Å². The van der Waals surface area contributed by atoms with Gasteiger partial charge in [0.2, 0.25) is 0 Å². The van der Waals surface area contributed by atoms with Crippen LogP contribution >= 0.6 is 0 Å². The zero-order valence-corrected chi connectivity index (χ0v) is 12.7. The summed E-state index contributed by atoms with van der Waals surface area (Å²) in [6, 6.07) is 10.1. The second kappa shape index (κ2) is 5.90. The quantitative estimate of drug-likeness (QED) is 0.836. The zero-order chi connectivity index (χ0) is 14.8. The fourth-order valence-electron chi connectivity index (χ4n) is 3.28. The molecular formula is C17H22N2O2. The summed E-state index contributed by atoms with van der Waals surface area (Å²) in [6.45, 7) is 1.15. The van der Waals surface area contributed by atoms with E-state index in [2.05, 4.69) is 18.0 Å². The minimum absolute atomic E-state index is 0.313. The first-order valence-electron chi connectivity index (χ1n) is 7.55. The van der Waals surface area contributed by atoms with E-state index in [1.165, 1.54) is 6.42 Å². The van der Waals surface area contributed by atoms with Crippen molar-refractivity contribution in [1.29, 1.82) is 0 Å². The van der Waals surface area contributed by atoms with Crippen molar-refractivity contribution in [3.63, 3.8) is 0 Å². The van der Waals surface area contributed by atoms with Gasteiger partial charge in [-0.15, -0.1) is 0 Å². The molecule has 1 aromatic carbocycles. The number of ether oxygens (including phenoxy) is 1. The second-order valence-electron chi connectivity index (χ2n) is 5.97. The molecule has 4 nitrogen and oxygen atoms in total. The van der Waals surface area contributed by atoms with Crippen molar-refractivity contribution in [2.75, 3.05) is 25.5 Å². The van der Waals surface area contributed by atoms with Crippen LogP contribution in [0.5, 0.6) is 0 Å². The Morgan fingerprint density at radius 3 is 2.86 bits per heavy atom. The Kier molecular flexibility index (Phi) is 3.97. The molecule has 1 aromatic rings. The number of hydrogen-bond donors (Lipinski definition) is 0. The number of carbonyl (C=O) groups is 1. The first kappa shape index (κ1) is 14.1. The number of benzene rings is 1. The van der Waals surface area contributed by atoms with Crippen LogP contribution < -0.4 is 4.90 Å². The highest BCUT2D eigenvalue weighted by atomic mass is 16.6. The van der Waals surface area contributed by atoms with Gasteiger partial charge in [-0.3, -0.25) is 4.90 Å². The van der Waals surface area contributed by atoms with Gasteiger partial charge in [-0.05, 0) is 50.6 Å². The van der Waals surface area contributed by atoms with Crippen LogP contribution in [-0.2, 0) is 4.74 Å². The molecule has 0 radical (unpaired) electrons. The van der Waals surface area contributed by atoms with E-state index in [1.807, 2.05) is 30.3 Å². The smallest absolute Gasteiger partial charge is 0.415 e. The van der Waals surface area contributed by atoms with E-state index in [9.17, 15) is 4.79 Å². The maximum Gasteiger partial charge on any atom is 0.419 e. The molecule has 1 heterocycles. The Bertz CT molecular complexity index is 541. The maximum atomic E-state index is 12.2. The number of rotatable bonds is 2. The van der Waals surface area contributed by atoms with Crippen LogP contribution in [0.4, 0.5) is 10.5 Å². The lowest BCUT2D eigenvalue weighted by Crippen LogP contribution is -2.34. The maximum absolute atomic E-state index is 12.2. The molecule has 1 aliphatic heterocycles. The second-order valence-corrected chi connectivity index (χ2v) is 5.97. The molecule has 1 aliphatic carbocycles. The summed E-state index contributed by atoms with van der Waals surface area (Å²) in [4.78, 5) is 16.2. The molecular weight excluding hydrogens is 264 g/mol. The number of anilines is 1. The topological polar surface area (TPSA) is 32.8 Å². The summed E-state index contributed by atoms with van der Waals surface area (Å²) in [5, 5.41) is 0. The molecule has 4 heteroatoms. The van der Waals surface area contributed by atoms with Gasteiger partial charge in [-0.25, -0.2) is 4.79 Å². The van der Waals surface area contributed by atoms with Crippen molar-refractivity contribution in [3.8, 4) is 0 Å². The van der Waals surface area contributed by atoms with E-state index in [1.54, 1.807) is 11.9 Å². The predicted molar refractivity (Wildman–Crippen MR) is 83.2 cm³/mol. The minimum Gasteiger partial charge on any atom is -0.415 e. The number of allylic oxidation sites excluding steroid dienone is 1. The Hall–Kier alpha value is -1.81. The van der Waals surface area contributed by atoms with Crippen LogP contribution in [-0.4, -0.2) is 37.7 Å². The average molecular weight is 286 g/mol. The normalized spacial score (nSPS) is 25.1. The number of likely N-dealkylation sites (tertiary alicyclic amines) is 1. The van der Waals surface area contributed by atoms with Crippen molar-refractivity contribution in [3.05, 3.63) is 42.2 Å². The standard InChI is InChI=1S/C17H22N2O2/c1-18-11-10-13-8-9-15(12-16(13)18)21-17(20)19(2)14-6-4-3-5-7-14/h3-7,9,13,16H,8,10-12H2,1-2H3. The van der Waals surface area contributed by atoms with Crippen LogP contribution in [0.2, 0.25) is 0 Å². The average Bonchev–Trinajstić information content (AvgIpc) is 2.88. The summed E-state index contributed by atoms with van der Waals surface area (Å²) in [6.07, 6.45) is 4.90. The molecule has 1 saturated heterocycles. The van der Waals surface area contributed by atoms with Crippen LogP contribution in [0.15, 0.2) is 42.2 Å². The van der Waals surface area contributed by atoms with Crippen molar-refractivity contribution in [2.24, 2.45) is 5.92 Å². The molecule has 2 aliphatic rings. The molecule has 2 unspecified atom stereocenters. The van der Waals surface area contributed by atoms with Gasteiger partial charge < -0.3 is 9.64 Å². The summed E-state index contributed by atoms with van der Waals surface area (Å²) >= 11 is 0. The Morgan fingerprint density at radius 1 is 1.33 bits per heavy atom.